The van der Waals surface area contributed by atoms with E-state index in [2.05, 4.69) is 11.0 Å². The van der Waals surface area contributed by atoms with Crippen LogP contribution in [0.1, 0.15) is 48.0 Å². The summed E-state index contributed by atoms with van der Waals surface area (Å²) < 4.78 is 0. The van der Waals surface area contributed by atoms with Gasteiger partial charge < -0.3 is 5.11 Å². The number of carboxylic acid groups (broad SMARTS) is 1. The molecule has 1 aliphatic heterocycles. The number of carboxylic acids is 1. The summed E-state index contributed by atoms with van der Waals surface area (Å²) >= 11 is 0. The third kappa shape index (κ3) is 3.98. The van der Waals surface area contributed by atoms with Crippen LogP contribution in [0, 0.1) is 0 Å². The fourth-order valence-electron chi connectivity index (χ4n) is 3.19. The van der Waals surface area contributed by atoms with Crippen molar-refractivity contribution in [1.82, 2.24) is 4.90 Å². The molecule has 0 radical (unpaired) electrons. The molecule has 2 aliphatic rings. The number of aromatic carboxylic acids is 1. The standard InChI is InChI=1S/C17H21NO2.Na.H/c19-17(20)14-8-6-13(7-9-14)12-15-4-1-2-5-16(15)18-10-3-11-18;;/h6-9,12,16H,1-5,10-11H2,(H,19,20);;/b15-12-;;. The van der Waals surface area contributed by atoms with Gasteiger partial charge in [0.25, 0.3) is 0 Å². The molecule has 21 heavy (non-hydrogen) atoms. The summed E-state index contributed by atoms with van der Waals surface area (Å²) in [5.74, 6) is -0.861. The Bertz CT molecular complexity index is 520. The molecule has 1 saturated carbocycles. The predicted octanol–water partition coefficient (Wildman–Crippen LogP) is 2.77. The molecule has 3 nitrogen and oxygen atoms in total. The van der Waals surface area contributed by atoms with Crippen molar-refractivity contribution in [2.45, 2.75) is 38.1 Å². The summed E-state index contributed by atoms with van der Waals surface area (Å²) in [6.07, 6.45) is 8.67. The van der Waals surface area contributed by atoms with E-state index >= 15 is 0 Å². The number of benzene rings is 1. The molecule has 1 aliphatic carbocycles. The van der Waals surface area contributed by atoms with Gasteiger partial charge in [-0.25, -0.2) is 4.79 Å². The molecule has 1 saturated heterocycles. The van der Waals surface area contributed by atoms with E-state index in [1.807, 2.05) is 12.1 Å². The number of nitrogens with zero attached hydrogens (tertiary/aromatic N) is 1. The van der Waals surface area contributed by atoms with Crippen LogP contribution in [0.5, 0.6) is 0 Å². The Morgan fingerprint density at radius 2 is 1.86 bits per heavy atom. The molecule has 1 aromatic carbocycles. The molecule has 0 spiro atoms. The van der Waals surface area contributed by atoms with Crippen LogP contribution in [-0.4, -0.2) is 64.7 Å². The average Bonchev–Trinajstić information content (AvgIpc) is 2.39. The van der Waals surface area contributed by atoms with E-state index in [9.17, 15) is 4.79 Å². The van der Waals surface area contributed by atoms with E-state index < -0.39 is 5.97 Å². The van der Waals surface area contributed by atoms with E-state index in [1.165, 1.54) is 50.8 Å². The van der Waals surface area contributed by atoms with Crippen molar-refractivity contribution in [2.24, 2.45) is 0 Å². The van der Waals surface area contributed by atoms with Crippen LogP contribution >= 0.6 is 0 Å². The van der Waals surface area contributed by atoms with Crippen molar-refractivity contribution in [1.29, 1.82) is 0 Å². The molecule has 108 valence electrons. The van der Waals surface area contributed by atoms with Gasteiger partial charge in [0.1, 0.15) is 0 Å². The number of hydrogen-bond acceptors (Lipinski definition) is 2. The Hall–Kier alpha value is -0.610. The van der Waals surface area contributed by atoms with Gasteiger partial charge in [-0.2, -0.15) is 0 Å². The average molecular weight is 295 g/mol. The summed E-state index contributed by atoms with van der Waals surface area (Å²) in [6, 6.07) is 7.83. The molecule has 4 heteroatoms. The minimum atomic E-state index is -0.861. The van der Waals surface area contributed by atoms with Crippen LogP contribution in [0.2, 0.25) is 0 Å². The summed E-state index contributed by atoms with van der Waals surface area (Å²) in [5.41, 5.74) is 3.01. The molecule has 1 N–H and O–H groups in total. The maximum atomic E-state index is 10.9. The monoisotopic (exact) mass is 295 g/mol. The van der Waals surface area contributed by atoms with Crippen LogP contribution in [0.15, 0.2) is 29.8 Å². The first-order chi connectivity index (χ1) is 9.74. The number of likely N-dealkylation sites (tertiary alicyclic amines) is 1. The molecule has 0 amide bonds. The van der Waals surface area contributed by atoms with Gasteiger partial charge in [0.2, 0.25) is 0 Å². The Morgan fingerprint density at radius 3 is 2.43 bits per heavy atom. The molecule has 1 aromatic rings. The van der Waals surface area contributed by atoms with Gasteiger partial charge >= 0.3 is 35.5 Å². The quantitative estimate of drug-likeness (QED) is 0.872. The Labute approximate surface area is 148 Å². The topological polar surface area (TPSA) is 40.5 Å². The third-order valence-electron chi connectivity index (χ3n) is 4.46. The van der Waals surface area contributed by atoms with E-state index in [4.69, 9.17) is 5.11 Å². The number of rotatable bonds is 3. The Balaban J connectivity index is 0.00000161. The first-order valence-corrected chi connectivity index (χ1v) is 7.52. The van der Waals surface area contributed by atoms with Crippen molar-refractivity contribution in [3.63, 3.8) is 0 Å². The van der Waals surface area contributed by atoms with Crippen molar-refractivity contribution in [3.05, 3.63) is 41.0 Å². The first kappa shape index (κ1) is 16.8. The Morgan fingerprint density at radius 1 is 1.14 bits per heavy atom. The van der Waals surface area contributed by atoms with Crippen LogP contribution in [-0.2, 0) is 0 Å². The van der Waals surface area contributed by atoms with Crippen LogP contribution in [0.4, 0.5) is 0 Å². The maximum absolute atomic E-state index is 10.9. The van der Waals surface area contributed by atoms with Crippen molar-refractivity contribution < 1.29 is 9.90 Å². The second kappa shape index (κ2) is 7.59. The second-order valence-corrected chi connectivity index (χ2v) is 5.80. The third-order valence-corrected chi connectivity index (χ3v) is 4.46. The molecular weight excluding hydrogens is 273 g/mol. The minimum absolute atomic E-state index is 0. The van der Waals surface area contributed by atoms with Gasteiger partial charge in [-0.05, 0) is 56.5 Å². The number of hydrogen-bond donors (Lipinski definition) is 1. The van der Waals surface area contributed by atoms with Gasteiger partial charge in [0.05, 0.1) is 5.56 Å². The van der Waals surface area contributed by atoms with Gasteiger partial charge in [-0.3, -0.25) is 4.90 Å². The summed E-state index contributed by atoms with van der Waals surface area (Å²) in [4.78, 5) is 13.4. The van der Waals surface area contributed by atoms with Crippen LogP contribution in [0.3, 0.4) is 0 Å². The second-order valence-electron chi connectivity index (χ2n) is 5.80. The zero-order valence-electron chi connectivity index (χ0n) is 11.7. The molecular formula is C17H22NNaO2. The zero-order chi connectivity index (χ0) is 13.9. The van der Waals surface area contributed by atoms with Crippen LogP contribution < -0.4 is 0 Å². The molecule has 1 atom stereocenters. The molecule has 2 fully saturated rings. The summed E-state index contributed by atoms with van der Waals surface area (Å²) in [7, 11) is 0. The summed E-state index contributed by atoms with van der Waals surface area (Å²) in [5, 5.41) is 8.93. The predicted molar refractivity (Wildman–Crippen MR) is 87.0 cm³/mol. The van der Waals surface area contributed by atoms with Crippen molar-refractivity contribution in [2.75, 3.05) is 13.1 Å². The zero-order valence-corrected chi connectivity index (χ0v) is 11.7. The molecule has 1 unspecified atom stereocenters. The molecule has 3 rings (SSSR count). The van der Waals surface area contributed by atoms with Gasteiger partial charge in [0.15, 0.2) is 0 Å². The molecule has 0 bridgehead atoms. The fraction of sp³-hybridized carbons (Fsp3) is 0.471. The van der Waals surface area contributed by atoms with Gasteiger partial charge in [-0.1, -0.05) is 30.2 Å². The van der Waals surface area contributed by atoms with Crippen LogP contribution in [0.25, 0.3) is 6.08 Å². The fourth-order valence-corrected chi connectivity index (χ4v) is 3.19. The van der Waals surface area contributed by atoms with Gasteiger partial charge in [0, 0.05) is 6.04 Å². The Kier molecular flexibility index (Phi) is 6.06. The van der Waals surface area contributed by atoms with E-state index in [-0.39, 0.29) is 29.6 Å². The van der Waals surface area contributed by atoms with E-state index in [0.29, 0.717) is 11.6 Å². The van der Waals surface area contributed by atoms with E-state index in [1.54, 1.807) is 12.1 Å². The van der Waals surface area contributed by atoms with Crippen molar-refractivity contribution in [3.8, 4) is 0 Å². The molecule has 1 heterocycles. The molecule has 0 aromatic heterocycles. The number of carbonyl (C=O) groups is 1. The van der Waals surface area contributed by atoms with E-state index in [0.717, 1.165) is 5.56 Å². The normalized spacial score (nSPS) is 24.2. The first-order valence-electron chi connectivity index (χ1n) is 7.52. The van der Waals surface area contributed by atoms with Crippen molar-refractivity contribution >= 4 is 41.6 Å². The summed E-state index contributed by atoms with van der Waals surface area (Å²) in [6.45, 7) is 2.47. The van der Waals surface area contributed by atoms with Gasteiger partial charge in [-0.15, -0.1) is 0 Å². The SMILES string of the molecule is O=C(O)c1ccc(/C=C2/CCCCC2N2CCC2)cc1.[NaH].